The van der Waals surface area contributed by atoms with Crippen LogP contribution in [-0.4, -0.2) is 27.3 Å². The van der Waals surface area contributed by atoms with Crippen LogP contribution in [0.25, 0.3) is 0 Å². The fraction of sp³-hybridized carbons (Fsp3) is 0.286. The number of halogens is 1. The Kier molecular flexibility index (Phi) is 4.63. The highest BCUT2D eigenvalue weighted by Crippen LogP contribution is 2.14. The van der Waals surface area contributed by atoms with Gasteiger partial charge in [-0.05, 0) is 31.0 Å². The van der Waals surface area contributed by atoms with Crippen LogP contribution < -0.4 is 5.32 Å². The molecule has 0 saturated carbocycles. The van der Waals surface area contributed by atoms with Gasteiger partial charge in [0.1, 0.15) is 5.75 Å². The molecule has 0 atom stereocenters. The van der Waals surface area contributed by atoms with E-state index < -0.39 is 0 Å². The van der Waals surface area contributed by atoms with Crippen molar-refractivity contribution in [3.8, 4) is 5.75 Å². The Morgan fingerprint density at radius 3 is 2.70 bits per heavy atom. The molecular formula is C14H16ClN3O2. The molecule has 6 heteroatoms. The second-order valence-corrected chi connectivity index (χ2v) is 4.76. The van der Waals surface area contributed by atoms with Crippen LogP contribution in [0, 0.1) is 0 Å². The third-order valence-corrected chi connectivity index (χ3v) is 3.17. The Bertz CT molecular complexity index is 593. The van der Waals surface area contributed by atoms with E-state index >= 15 is 0 Å². The molecule has 0 fully saturated rings. The summed E-state index contributed by atoms with van der Waals surface area (Å²) < 4.78 is 1.62. The van der Waals surface area contributed by atoms with Gasteiger partial charge in [0.25, 0.3) is 5.91 Å². The maximum absolute atomic E-state index is 11.9. The van der Waals surface area contributed by atoms with E-state index in [1.807, 2.05) is 19.1 Å². The summed E-state index contributed by atoms with van der Waals surface area (Å²) in [6, 6.07) is 6.88. The minimum atomic E-state index is -0.277. The first kappa shape index (κ1) is 14.4. The molecule has 1 amide bonds. The van der Waals surface area contributed by atoms with Gasteiger partial charge in [0, 0.05) is 19.3 Å². The summed E-state index contributed by atoms with van der Waals surface area (Å²) in [6.07, 6.45) is 2.31. The number of hydrogen-bond donors (Lipinski definition) is 2. The number of hydrogen-bond acceptors (Lipinski definition) is 3. The number of aromatic hydroxyl groups is 1. The van der Waals surface area contributed by atoms with Crippen LogP contribution in [-0.2, 0) is 13.0 Å². The van der Waals surface area contributed by atoms with Gasteiger partial charge < -0.3 is 10.4 Å². The minimum absolute atomic E-state index is 0.231. The molecule has 2 aromatic rings. The summed E-state index contributed by atoms with van der Waals surface area (Å²) in [7, 11) is 0. The second kappa shape index (κ2) is 6.43. The molecule has 2 rings (SSSR count). The van der Waals surface area contributed by atoms with E-state index in [0.717, 1.165) is 5.56 Å². The Balaban J connectivity index is 1.88. The molecular weight excluding hydrogens is 278 g/mol. The van der Waals surface area contributed by atoms with E-state index in [4.69, 9.17) is 11.6 Å². The van der Waals surface area contributed by atoms with Gasteiger partial charge in [-0.25, -0.2) is 0 Å². The van der Waals surface area contributed by atoms with Crippen molar-refractivity contribution in [3.63, 3.8) is 0 Å². The Labute approximate surface area is 122 Å². The lowest BCUT2D eigenvalue weighted by molar-refractivity contribution is 0.0948. The number of carbonyl (C=O) groups is 1. The van der Waals surface area contributed by atoms with Crippen molar-refractivity contribution in [2.45, 2.75) is 19.9 Å². The van der Waals surface area contributed by atoms with Gasteiger partial charge in [-0.15, -0.1) is 0 Å². The van der Waals surface area contributed by atoms with Gasteiger partial charge in [0.05, 0.1) is 5.02 Å². The van der Waals surface area contributed by atoms with Gasteiger partial charge >= 0.3 is 0 Å². The van der Waals surface area contributed by atoms with Crippen LogP contribution in [0.2, 0.25) is 5.02 Å². The average Bonchev–Trinajstić information content (AvgIpc) is 2.82. The Hall–Kier alpha value is -2.01. The fourth-order valence-corrected chi connectivity index (χ4v) is 2.02. The lowest BCUT2D eigenvalue weighted by Crippen LogP contribution is -2.26. The molecule has 106 valence electrons. The zero-order valence-electron chi connectivity index (χ0n) is 11.1. The number of carbonyl (C=O) groups excluding carboxylic acids is 1. The third kappa shape index (κ3) is 3.51. The number of rotatable bonds is 5. The molecule has 1 aromatic heterocycles. The van der Waals surface area contributed by atoms with E-state index in [9.17, 15) is 9.90 Å². The third-order valence-electron chi connectivity index (χ3n) is 2.89. The van der Waals surface area contributed by atoms with E-state index in [2.05, 4.69) is 10.4 Å². The number of aromatic nitrogens is 2. The number of nitrogens with one attached hydrogen (secondary N) is 1. The topological polar surface area (TPSA) is 67.2 Å². The van der Waals surface area contributed by atoms with E-state index in [1.54, 1.807) is 23.0 Å². The fourth-order valence-electron chi connectivity index (χ4n) is 1.78. The highest BCUT2D eigenvalue weighted by Gasteiger charge is 2.14. The SMILES string of the molecule is CCn1cc(Cl)c(C(=O)NCCc2ccc(O)cc2)n1. The molecule has 0 radical (unpaired) electrons. The quantitative estimate of drug-likeness (QED) is 0.888. The normalized spacial score (nSPS) is 10.5. The highest BCUT2D eigenvalue weighted by atomic mass is 35.5. The maximum Gasteiger partial charge on any atom is 0.273 e. The first-order valence-corrected chi connectivity index (χ1v) is 6.77. The number of aryl methyl sites for hydroxylation is 1. The van der Waals surface area contributed by atoms with Crippen LogP contribution in [0.3, 0.4) is 0 Å². The molecule has 2 N–H and O–H groups in total. The molecule has 0 aliphatic rings. The molecule has 1 heterocycles. The molecule has 0 unspecified atom stereocenters. The summed E-state index contributed by atoms with van der Waals surface area (Å²) in [5, 5.41) is 16.4. The van der Waals surface area contributed by atoms with Crippen LogP contribution in [0.1, 0.15) is 23.0 Å². The molecule has 0 bridgehead atoms. The monoisotopic (exact) mass is 293 g/mol. The van der Waals surface area contributed by atoms with Crippen molar-refractivity contribution in [1.29, 1.82) is 0 Å². The second-order valence-electron chi connectivity index (χ2n) is 4.35. The summed E-state index contributed by atoms with van der Waals surface area (Å²) in [4.78, 5) is 11.9. The van der Waals surface area contributed by atoms with Crippen molar-refractivity contribution in [2.24, 2.45) is 0 Å². The summed E-state index contributed by atoms with van der Waals surface area (Å²) in [5.41, 5.74) is 1.28. The molecule has 0 spiro atoms. The molecule has 0 saturated heterocycles. The zero-order chi connectivity index (χ0) is 14.5. The number of amides is 1. The van der Waals surface area contributed by atoms with Crippen LogP contribution in [0.15, 0.2) is 30.5 Å². The smallest absolute Gasteiger partial charge is 0.273 e. The first-order chi connectivity index (χ1) is 9.60. The van der Waals surface area contributed by atoms with Crippen molar-refractivity contribution in [3.05, 3.63) is 46.7 Å². The van der Waals surface area contributed by atoms with Crippen molar-refractivity contribution < 1.29 is 9.90 Å². The number of phenols is 1. The molecule has 1 aromatic carbocycles. The van der Waals surface area contributed by atoms with Crippen LogP contribution in [0.4, 0.5) is 0 Å². The summed E-state index contributed by atoms with van der Waals surface area (Å²) in [6.45, 7) is 3.08. The standard InChI is InChI=1S/C14H16ClN3O2/c1-2-18-9-12(15)13(17-18)14(20)16-8-7-10-3-5-11(19)6-4-10/h3-6,9,19H,2,7-8H2,1H3,(H,16,20). The number of benzene rings is 1. The zero-order valence-corrected chi connectivity index (χ0v) is 11.9. The Morgan fingerprint density at radius 2 is 2.10 bits per heavy atom. The first-order valence-electron chi connectivity index (χ1n) is 6.39. The van der Waals surface area contributed by atoms with Gasteiger partial charge in [0.15, 0.2) is 5.69 Å². The van der Waals surface area contributed by atoms with Crippen molar-refractivity contribution in [2.75, 3.05) is 6.54 Å². The lowest BCUT2D eigenvalue weighted by atomic mass is 10.1. The average molecular weight is 294 g/mol. The largest absolute Gasteiger partial charge is 0.508 e. The molecule has 5 nitrogen and oxygen atoms in total. The predicted molar refractivity (Wildman–Crippen MR) is 77.1 cm³/mol. The maximum atomic E-state index is 11.9. The van der Waals surface area contributed by atoms with Gasteiger partial charge in [-0.1, -0.05) is 23.7 Å². The summed E-state index contributed by atoms with van der Waals surface area (Å²) in [5.74, 6) is -0.0457. The van der Waals surface area contributed by atoms with E-state index in [-0.39, 0.29) is 17.4 Å². The Morgan fingerprint density at radius 1 is 1.40 bits per heavy atom. The lowest BCUT2D eigenvalue weighted by Gasteiger charge is -2.04. The van der Waals surface area contributed by atoms with E-state index in [1.165, 1.54) is 0 Å². The summed E-state index contributed by atoms with van der Waals surface area (Å²) >= 11 is 5.96. The molecule has 0 aliphatic heterocycles. The number of nitrogens with zero attached hydrogens (tertiary/aromatic N) is 2. The van der Waals surface area contributed by atoms with Gasteiger partial charge in [-0.2, -0.15) is 5.10 Å². The molecule has 0 aliphatic carbocycles. The minimum Gasteiger partial charge on any atom is -0.508 e. The van der Waals surface area contributed by atoms with E-state index in [0.29, 0.717) is 24.5 Å². The van der Waals surface area contributed by atoms with Crippen molar-refractivity contribution >= 4 is 17.5 Å². The van der Waals surface area contributed by atoms with Crippen molar-refractivity contribution in [1.82, 2.24) is 15.1 Å². The van der Waals surface area contributed by atoms with Crippen LogP contribution in [0.5, 0.6) is 5.75 Å². The molecule has 20 heavy (non-hydrogen) atoms. The predicted octanol–water partition coefficient (Wildman–Crippen LogP) is 2.23. The van der Waals surface area contributed by atoms with Gasteiger partial charge in [0.2, 0.25) is 0 Å². The van der Waals surface area contributed by atoms with Gasteiger partial charge in [-0.3, -0.25) is 9.48 Å². The van der Waals surface area contributed by atoms with Crippen LogP contribution >= 0.6 is 11.6 Å². The number of phenolic OH excluding ortho intramolecular Hbond substituents is 1. The highest BCUT2D eigenvalue weighted by molar-refractivity contribution is 6.33.